The molecule has 0 bridgehead atoms. The third-order valence-corrected chi connectivity index (χ3v) is 0.801. The number of hydrogen-bond acceptors (Lipinski definition) is 2. The van der Waals surface area contributed by atoms with Crippen molar-refractivity contribution in [3.05, 3.63) is 50.2 Å². The third kappa shape index (κ3) is 77.0. The second-order valence-corrected chi connectivity index (χ2v) is 2.64. The molecule has 0 saturated heterocycles. The van der Waals surface area contributed by atoms with Gasteiger partial charge in [0.15, 0.2) is 0 Å². The third-order valence-electron chi connectivity index (χ3n) is 0.801. The van der Waals surface area contributed by atoms with Crippen molar-refractivity contribution in [3.8, 4) is 0 Å². The van der Waals surface area contributed by atoms with E-state index < -0.39 is 0 Å². The first kappa shape index (κ1) is 24.5. The highest BCUT2D eigenvalue weighted by atomic mass is 14.7. The first-order valence-electron chi connectivity index (χ1n) is 5.49. The Bertz CT molecular complexity index is 231. The number of aliphatic imine (C=N–C) groups is 1. The smallest absolute Gasteiger partial charge is 0.0266 e. The first-order valence-corrected chi connectivity index (χ1v) is 5.49. The first-order chi connectivity index (χ1) is 8.04. The molecule has 98 valence electrons. The molecule has 17 heavy (non-hydrogen) atoms. The van der Waals surface area contributed by atoms with Crippen molar-refractivity contribution in [1.29, 1.82) is 5.41 Å². The van der Waals surface area contributed by atoms with Crippen LogP contribution in [0.3, 0.4) is 0 Å². The predicted molar refractivity (Wildman–Crippen MR) is 84.3 cm³/mol. The molecule has 2 nitrogen and oxygen atoms in total. The minimum atomic E-state index is 0.796. The van der Waals surface area contributed by atoms with E-state index in [9.17, 15) is 0 Å². The van der Waals surface area contributed by atoms with Crippen LogP contribution in [0, 0.1) is 5.41 Å². The lowest BCUT2D eigenvalue weighted by atomic mass is 10.4. The van der Waals surface area contributed by atoms with Gasteiger partial charge in [-0.1, -0.05) is 33.1 Å². The maximum Gasteiger partial charge on any atom is 0.0266 e. The van der Waals surface area contributed by atoms with Crippen molar-refractivity contribution in [2.24, 2.45) is 4.99 Å². The van der Waals surface area contributed by atoms with Gasteiger partial charge >= 0.3 is 0 Å². The van der Waals surface area contributed by atoms with Crippen LogP contribution in [0.4, 0.5) is 0 Å². The van der Waals surface area contributed by atoms with Crippen molar-refractivity contribution in [1.82, 2.24) is 0 Å². The van der Waals surface area contributed by atoms with E-state index in [0.717, 1.165) is 11.3 Å². The number of nitrogens with zero attached hydrogens (tertiary/aromatic N) is 1. The molecule has 0 unspecified atom stereocenters. The summed E-state index contributed by atoms with van der Waals surface area (Å²) in [5.41, 5.74) is 1.85. The molecule has 0 aromatic carbocycles. The normalized spacial score (nSPS) is 6.88. The molecule has 0 spiro atoms. The van der Waals surface area contributed by atoms with Crippen LogP contribution in [0.1, 0.15) is 34.6 Å². The van der Waals surface area contributed by atoms with Crippen molar-refractivity contribution in [2.75, 3.05) is 0 Å². The second-order valence-electron chi connectivity index (χ2n) is 2.64. The zero-order chi connectivity index (χ0) is 14.7. The summed E-state index contributed by atoms with van der Waals surface area (Å²) in [4.78, 5) is 3.98. The molecule has 0 radical (unpaired) electrons. The van der Waals surface area contributed by atoms with Crippen LogP contribution in [-0.2, 0) is 0 Å². The Kier molecular flexibility index (Phi) is 42.2. The SMILES string of the molecule is C=C.C=C(C)C=N.C=C/C=C\N=C(C)C.CC. The molecule has 0 fully saturated rings. The summed E-state index contributed by atoms with van der Waals surface area (Å²) < 4.78 is 0. The summed E-state index contributed by atoms with van der Waals surface area (Å²) in [7, 11) is 0. The Hall–Kier alpha value is -1.70. The van der Waals surface area contributed by atoms with Crippen molar-refractivity contribution in [2.45, 2.75) is 34.6 Å². The van der Waals surface area contributed by atoms with Gasteiger partial charge in [-0.2, -0.15) is 0 Å². The van der Waals surface area contributed by atoms with Gasteiger partial charge in [0.2, 0.25) is 0 Å². The maximum absolute atomic E-state index is 6.43. The fraction of sp³-hybridized carbons (Fsp3) is 0.333. The van der Waals surface area contributed by atoms with Gasteiger partial charge in [0.05, 0.1) is 0 Å². The van der Waals surface area contributed by atoms with E-state index in [-0.39, 0.29) is 0 Å². The quantitative estimate of drug-likeness (QED) is 0.397. The highest BCUT2D eigenvalue weighted by Crippen LogP contribution is 1.77. The molecule has 0 atom stereocenters. The zero-order valence-corrected chi connectivity index (χ0v) is 12.1. The molecule has 1 N–H and O–H groups in total. The van der Waals surface area contributed by atoms with Gasteiger partial charge in [0.1, 0.15) is 0 Å². The molecule has 0 rings (SSSR count). The molecule has 0 aliphatic carbocycles. The molecule has 0 heterocycles. The van der Waals surface area contributed by atoms with E-state index in [2.05, 4.69) is 31.3 Å². The fourth-order valence-electron chi connectivity index (χ4n) is 0.253. The van der Waals surface area contributed by atoms with E-state index in [1.165, 1.54) is 6.21 Å². The Morgan fingerprint density at radius 3 is 1.65 bits per heavy atom. The molecule has 0 amide bonds. The molecule has 0 saturated carbocycles. The predicted octanol–water partition coefficient (Wildman–Crippen LogP) is 5.21. The number of nitrogens with one attached hydrogen (secondary N) is 1. The van der Waals surface area contributed by atoms with Crippen LogP contribution in [0.2, 0.25) is 0 Å². The molecule has 0 aromatic rings. The Labute approximate surface area is 108 Å². The average molecular weight is 236 g/mol. The van der Waals surface area contributed by atoms with Crippen LogP contribution in [0.15, 0.2) is 55.2 Å². The van der Waals surface area contributed by atoms with Crippen LogP contribution in [-0.4, -0.2) is 11.9 Å². The highest BCUT2D eigenvalue weighted by molar-refractivity contribution is 5.79. The Morgan fingerprint density at radius 1 is 1.12 bits per heavy atom. The average Bonchev–Trinajstić information content (AvgIpc) is 2.35. The lowest BCUT2D eigenvalue weighted by molar-refractivity contribution is 1.50. The van der Waals surface area contributed by atoms with Gasteiger partial charge in [-0.05, 0) is 32.4 Å². The van der Waals surface area contributed by atoms with Gasteiger partial charge in [0.25, 0.3) is 0 Å². The minimum absolute atomic E-state index is 0.796. The monoisotopic (exact) mass is 236 g/mol. The van der Waals surface area contributed by atoms with Crippen molar-refractivity contribution < 1.29 is 0 Å². The summed E-state index contributed by atoms with van der Waals surface area (Å²) in [6, 6.07) is 0. The van der Waals surface area contributed by atoms with Crippen LogP contribution in [0.5, 0.6) is 0 Å². The second kappa shape index (κ2) is 29.2. The van der Waals surface area contributed by atoms with Crippen LogP contribution in [0.25, 0.3) is 0 Å². The molecule has 0 aromatic heterocycles. The minimum Gasteiger partial charge on any atom is -0.309 e. The number of hydrogen-bond donors (Lipinski definition) is 1. The summed E-state index contributed by atoms with van der Waals surface area (Å²) in [5.74, 6) is 0. The Morgan fingerprint density at radius 2 is 1.47 bits per heavy atom. The maximum atomic E-state index is 6.43. The standard InChI is InChI=1S/C7H11N.C4H7N.C2H6.C2H4/c1-4-5-6-8-7(2)3;1-4(2)3-5;2*1-2/h4-6H,1H2,2-3H3;3,5H,1H2,2H3;1-2H3;1-2H2/b6-5-;;;. The van der Waals surface area contributed by atoms with E-state index in [4.69, 9.17) is 5.41 Å². The molecular formula is C15H28N2. The molecular weight excluding hydrogens is 208 g/mol. The summed E-state index contributed by atoms with van der Waals surface area (Å²) in [6.07, 6.45) is 6.45. The van der Waals surface area contributed by atoms with Gasteiger partial charge in [-0.25, -0.2) is 0 Å². The fourth-order valence-corrected chi connectivity index (χ4v) is 0.253. The molecule has 2 heteroatoms. The van der Waals surface area contributed by atoms with E-state index >= 15 is 0 Å². The van der Waals surface area contributed by atoms with Crippen LogP contribution >= 0.6 is 0 Å². The zero-order valence-electron chi connectivity index (χ0n) is 12.1. The Balaban J connectivity index is -0.0000000809. The van der Waals surface area contributed by atoms with Gasteiger partial charge in [0, 0.05) is 18.1 Å². The highest BCUT2D eigenvalue weighted by Gasteiger charge is 1.67. The van der Waals surface area contributed by atoms with E-state index in [1.54, 1.807) is 25.3 Å². The van der Waals surface area contributed by atoms with E-state index in [0.29, 0.717) is 0 Å². The van der Waals surface area contributed by atoms with Crippen LogP contribution < -0.4 is 0 Å². The largest absolute Gasteiger partial charge is 0.309 e. The molecule has 0 aliphatic rings. The summed E-state index contributed by atoms with van der Waals surface area (Å²) >= 11 is 0. The topological polar surface area (TPSA) is 36.2 Å². The van der Waals surface area contributed by atoms with Gasteiger partial charge in [-0.15, -0.1) is 13.2 Å². The molecule has 0 aliphatic heterocycles. The van der Waals surface area contributed by atoms with Crippen molar-refractivity contribution >= 4 is 11.9 Å². The van der Waals surface area contributed by atoms with Gasteiger partial charge < -0.3 is 5.41 Å². The lowest BCUT2D eigenvalue weighted by Gasteiger charge is -1.78. The number of allylic oxidation sites excluding steroid dienone is 3. The summed E-state index contributed by atoms with van der Waals surface area (Å²) in [6.45, 7) is 22.6. The van der Waals surface area contributed by atoms with E-state index in [1.807, 2.05) is 27.7 Å². The summed E-state index contributed by atoms with van der Waals surface area (Å²) in [5, 5.41) is 6.43. The number of rotatable bonds is 3. The lowest BCUT2D eigenvalue weighted by Crippen LogP contribution is -1.74. The van der Waals surface area contributed by atoms with Gasteiger partial charge in [-0.3, -0.25) is 4.99 Å². The van der Waals surface area contributed by atoms with Crippen molar-refractivity contribution in [3.63, 3.8) is 0 Å².